The Kier molecular flexibility index (Phi) is 14.5. The fourth-order valence-corrected chi connectivity index (χ4v) is 0. The van der Waals surface area contributed by atoms with Crippen molar-refractivity contribution in [3.63, 3.8) is 0 Å². The van der Waals surface area contributed by atoms with Gasteiger partial charge in [0.1, 0.15) is 0 Å². The van der Waals surface area contributed by atoms with Crippen molar-refractivity contribution in [2.45, 2.75) is 0 Å². The molecule has 0 aromatic rings. The van der Waals surface area contributed by atoms with E-state index in [-0.39, 0.29) is 70.2 Å². The first kappa shape index (κ1) is 16.1. The van der Waals surface area contributed by atoms with Crippen molar-refractivity contribution in [1.29, 1.82) is 0 Å². The molecule has 0 aromatic carbocycles. The molecule has 40 valence electrons. The first-order chi connectivity index (χ1) is 2.00. The van der Waals surface area contributed by atoms with Crippen molar-refractivity contribution < 1.29 is 71.3 Å². The molecule has 0 spiro atoms. The Morgan fingerprint density at radius 2 is 1.29 bits per heavy atom. The zero-order valence-electron chi connectivity index (χ0n) is 4.22. The Labute approximate surface area is 96.1 Å². The molecule has 0 radical (unpaired) electrons. The van der Waals surface area contributed by atoms with Crippen molar-refractivity contribution >= 4 is 26.5 Å². The molecule has 0 rings (SSSR count). The second-order valence-corrected chi connectivity index (χ2v) is 1.66. The minimum atomic E-state index is -5.11. The molecule has 0 saturated carbocycles. The largest absolute Gasteiger partial charge is 1.00 e. The predicted octanol–water partition coefficient (Wildman–Crippen LogP) is -5.70. The van der Waals surface area contributed by atoms with Crippen molar-refractivity contribution in [3.8, 4) is 0 Å². The summed E-state index contributed by atoms with van der Waals surface area (Å²) in [5.74, 6) is 0. The first-order valence-corrected chi connectivity index (χ1v) is 2.58. The second kappa shape index (κ2) is 6.32. The average molecular weight is 168 g/mol. The second-order valence-electron chi connectivity index (χ2n) is 0.554. The molecule has 0 aliphatic heterocycles. The molecule has 0 atom stereocenters. The molecule has 0 aliphatic carbocycles. The van der Waals surface area contributed by atoms with Gasteiger partial charge in [0.25, 0.3) is 0 Å². The van der Waals surface area contributed by atoms with Gasteiger partial charge in [-0.05, 0) is 0 Å². The normalized spacial score (nSPS) is 8.57. The zero-order valence-corrected chi connectivity index (χ0v) is 7.34. The zero-order chi connectivity index (χ0) is 4.50. The first-order valence-electron chi connectivity index (χ1n) is 0.860. The number of hydrogen-bond acceptors (Lipinski definition) is 3. The molecule has 0 aromatic heterocycles. The van der Waals surface area contributed by atoms with Crippen LogP contribution >= 0.6 is 0 Å². The fraction of sp³-hybridized carbons (Fsp3) is 0. The minimum absolute atomic E-state index is 0. The predicted molar refractivity (Wildman–Crippen MR) is 24.6 cm³/mol. The average Bonchev–Trinajstić information content (AvgIpc) is 0.722. The molecule has 3 nitrogen and oxygen atoms in total. The van der Waals surface area contributed by atoms with Gasteiger partial charge in [0.15, 0.2) is 17.4 Å². The molecule has 0 saturated heterocycles. The molecular formula is H7AlFKO3Si. The van der Waals surface area contributed by atoms with Crippen LogP contribution in [0.15, 0.2) is 0 Å². The summed E-state index contributed by atoms with van der Waals surface area (Å²) in [5, 5.41) is 0. The number of halogens is 1. The van der Waals surface area contributed by atoms with Gasteiger partial charge in [0, 0.05) is 0 Å². The van der Waals surface area contributed by atoms with Crippen molar-refractivity contribution in [2.24, 2.45) is 0 Å². The van der Waals surface area contributed by atoms with Crippen LogP contribution in [0.25, 0.3) is 0 Å². The van der Waals surface area contributed by atoms with Gasteiger partial charge in [0.2, 0.25) is 0 Å². The van der Waals surface area contributed by atoms with E-state index in [2.05, 4.69) is 0 Å². The van der Waals surface area contributed by atoms with Crippen LogP contribution in [-0.4, -0.2) is 40.9 Å². The molecule has 0 unspecified atom stereocenters. The van der Waals surface area contributed by atoms with Crippen LogP contribution in [0.5, 0.6) is 0 Å². The van der Waals surface area contributed by atoms with Crippen LogP contribution in [0.1, 0.15) is 1.43 Å². The molecule has 7 heteroatoms. The molecule has 3 N–H and O–H groups in total. The minimum Gasteiger partial charge on any atom is -1.00 e. The van der Waals surface area contributed by atoms with Gasteiger partial charge in [-0.3, -0.25) is 0 Å². The maximum Gasteiger partial charge on any atom is 1.00 e. The molecular weight excluding hydrogens is 161 g/mol. The monoisotopic (exact) mass is 168 g/mol. The summed E-state index contributed by atoms with van der Waals surface area (Å²) >= 11 is 0. The molecule has 0 amide bonds. The van der Waals surface area contributed by atoms with Gasteiger partial charge in [-0.2, -0.15) is 0 Å². The van der Waals surface area contributed by atoms with E-state index in [4.69, 9.17) is 14.4 Å². The van der Waals surface area contributed by atoms with Crippen LogP contribution in [-0.2, 0) is 0 Å². The van der Waals surface area contributed by atoms with E-state index in [1.54, 1.807) is 0 Å². The summed E-state index contributed by atoms with van der Waals surface area (Å²) < 4.78 is 10.5. The summed E-state index contributed by atoms with van der Waals surface area (Å²) in [6, 6.07) is 0. The summed E-state index contributed by atoms with van der Waals surface area (Å²) in [5.41, 5.74) is 0. The molecule has 0 heterocycles. The maximum atomic E-state index is 10.5. The molecule has 0 bridgehead atoms. The molecule has 0 aliphatic rings. The quantitative estimate of drug-likeness (QED) is 0.249. The van der Waals surface area contributed by atoms with E-state index in [0.29, 0.717) is 0 Å². The van der Waals surface area contributed by atoms with Crippen LogP contribution < -0.4 is 51.4 Å². The van der Waals surface area contributed by atoms with Crippen molar-refractivity contribution in [3.05, 3.63) is 0 Å². The third-order valence-electron chi connectivity index (χ3n) is 0. The van der Waals surface area contributed by atoms with Gasteiger partial charge in [-0.25, -0.2) is 4.11 Å². The number of hydrogen-bond donors (Lipinski definition) is 3. The Morgan fingerprint density at radius 1 is 1.29 bits per heavy atom. The summed E-state index contributed by atoms with van der Waals surface area (Å²) in [6.07, 6.45) is 0. The Bertz CT molecular complexity index is 34.8. The van der Waals surface area contributed by atoms with Gasteiger partial charge in [-0.1, -0.05) is 0 Å². The molecule has 0 fully saturated rings. The van der Waals surface area contributed by atoms with Gasteiger partial charge in [0.05, 0.1) is 0 Å². The Morgan fingerprint density at radius 3 is 1.29 bits per heavy atom. The van der Waals surface area contributed by atoms with Crippen LogP contribution in [0.2, 0.25) is 0 Å². The van der Waals surface area contributed by atoms with Crippen molar-refractivity contribution in [2.75, 3.05) is 0 Å². The summed E-state index contributed by atoms with van der Waals surface area (Å²) in [4.78, 5) is 21.3. The van der Waals surface area contributed by atoms with E-state index in [1.807, 2.05) is 0 Å². The standard InChI is InChI=1S/Al.FH3O3Si.K.4H/c;1-5(2,3)4;;;;;/h;2-4H;;;;;/q;;+1;;;;-1. The Hall–Kier alpha value is 2.20. The fourth-order valence-electron chi connectivity index (χ4n) is 0. The van der Waals surface area contributed by atoms with Crippen LogP contribution in [0.4, 0.5) is 4.11 Å². The molecule has 7 heavy (non-hydrogen) atoms. The van der Waals surface area contributed by atoms with Gasteiger partial charge in [-0.15, -0.1) is 0 Å². The topological polar surface area (TPSA) is 60.7 Å². The maximum absolute atomic E-state index is 10.5. The Balaban J connectivity index is -0.0000000267. The smallest absolute Gasteiger partial charge is 1.00 e. The van der Waals surface area contributed by atoms with E-state index in [0.717, 1.165) is 0 Å². The third kappa shape index (κ3) is 65.3. The summed E-state index contributed by atoms with van der Waals surface area (Å²) in [6.45, 7) is 0. The van der Waals surface area contributed by atoms with E-state index >= 15 is 0 Å². The van der Waals surface area contributed by atoms with Crippen molar-refractivity contribution in [1.82, 2.24) is 0 Å². The van der Waals surface area contributed by atoms with E-state index in [1.165, 1.54) is 0 Å². The van der Waals surface area contributed by atoms with E-state index < -0.39 is 9.14 Å². The van der Waals surface area contributed by atoms with Gasteiger partial charge < -0.3 is 15.8 Å². The van der Waals surface area contributed by atoms with Crippen LogP contribution in [0, 0.1) is 0 Å². The van der Waals surface area contributed by atoms with E-state index in [9.17, 15) is 4.11 Å². The third-order valence-corrected chi connectivity index (χ3v) is 0. The van der Waals surface area contributed by atoms with Gasteiger partial charge >= 0.3 is 60.5 Å². The number of rotatable bonds is 0. The SMILES string of the molecule is O[Si](O)(O)F.[AlH3].[H-].[K+]. The van der Waals surface area contributed by atoms with Crippen LogP contribution in [0.3, 0.4) is 0 Å². The summed E-state index contributed by atoms with van der Waals surface area (Å²) in [7, 11) is -5.11.